The van der Waals surface area contributed by atoms with Crippen molar-refractivity contribution in [3.63, 3.8) is 0 Å². The van der Waals surface area contributed by atoms with Crippen molar-refractivity contribution in [3.8, 4) is 0 Å². The van der Waals surface area contributed by atoms with Crippen molar-refractivity contribution in [2.45, 2.75) is 83.6 Å². The van der Waals surface area contributed by atoms with Crippen LogP contribution in [-0.4, -0.2) is 45.0 Å². The molecule has 0 radical (unpaired) electrons. The lowest BCUT2D eigenvalue weighted by Crippen LogP contribution is -2.44. The van der Waals surface area contributed by atoms with Gasteiger partial charge in [-0.1, -0.05) is 95.0 Å². The Labute approximate surface area is 188 Å². The summed E-state index contributed by atoms with van der Waals surface area (Å²) in [4.78, 5) is 24.5. The molecule has 1 amide bonds. The van der Waals surface area contributed by atoms with Crippen molar-refractivity contribution in [3.05, 3.63) is 35.9 Å². The molecule has 0 aromatic heterocycles. The first-order valence-electron chi connectivity index (χ1n) is 11.8. The molecule has 6 nitrogen and oxygen atoms in total. The van der Waals surface area contributed by atoms with E-state index in [1.165, 1.54) is 58.5 Å². The summed E-state index contributed by atoms with van der Waals surface area (Å²) in [7, 11) is 1.53. The van der Waals surface area contributed by atoms with Crippen molar-refractivity contribution in [2.75, 3.05) is 26.9 Å². The molecule has 0 heterocycles. The van der Waals surface area contributed by atoms with Gasteiger partial charge in [-0.15, -0.1) is 0 Å². The Morgan fingerprint density at radius 2 is 1.42 bits per heavy atom. The topological polar surface area (TPSA) is 73.9 Å². The molecule has 6 heteroatoms. The summed E-state index contributed by atoms with van der Waals surface area (Å²) in [6, 6.07) is 8.77. The fourth-order valence-corrected chi connectivity index (χ4v) is 3.31. The molecule has 1 rings (SSSR count). The largest absolute Gasteiger partial charge is 0.464 e. The van der Waals surface area contributed by atoms with Crippen molar-refractivity contribution in [1.29, 1.82) is 0 Å². The fourth-order valence-electron chi connectivity index (χ4n) is 3.31. The van der Waals surface area contributed by atoms with E-state index in [1.54, 1.807) is 0 Å². The van der Waals surface area contributed by atoms with Crippen molar-refractivity contribution >= 4 is 12.1 Å². The molecule has 0 spiro atoms. The van der Waals surface area contributed by atoms with Crippen LogP contribution in [-0.2, 0) is 25.4 Å². The van der Waals surface area contributed by atoms with Gasteiger partial charge in [0.1, 0.15) is 12.6 Å². The molecule has 1 aromatic carbocycles. The lowest BCUT2D eigenvalue weighted by molar-refractivity contribution is -0.146. The molecule has 0 aliphatic rings. The van der Waals surface area contributed by atoms with Gasteiger partial charge >= 0.3 is 12.1 Å². The van der Waals surface area contributed by atoms with Gasteiger partial charge in [0.25, 0.3) is 0 Å². The number of carbonyl (C=O) groups excluding carboxylic acids is 2. The Kier molecular flexibility index (Phi) is 16.2. The van der Waals surface area contributed by atoms with Crippen molar-refractivity contribution < 1.29 is 23.8 Å². The van der Waals surface area contributed by atoms with E-state index in [0.29, 0.717) is 19.6 Å². The van der Waals surface area contributed by atoms with Crippen LogP contribution in [0, 0.1) is 0 Å². The van der Waals surface area contributed by atoms with E-state index in [-0.39, 0.29) is 6.61 Å². The molecular formula is C25H41NO5. The van der Waals surface area contributed by atoms with E-state index < -0.39 is 18.1 Å². The second-order valence-electron chi connectivity index (χ2n) is 7.86. The van der Waals surface area contributed by atoms with Crippen LogP contribution in [0.4, 0.5) is 4.79 Å². The highest BCUT2D eigenvalue weighted by Gasteiger charge is 2.23. The maximum atomic E-state index is 12.6. The number of benzene rings is 1. The molecule has 31 heavy (non-hydrogen) atoms. The third-order valence-electron chi connectivity index (χ3n) is 5.12. The average Bonchev–Trinajstić information content (AvgIpc) is 2.77. The third kappa shape index (κ3) is 14.5. The van der Waals surface area contributed by atoms with Gasteiger partial charge in [-0.2, -0.15) is 0 Å². The SMILES string of the molecule is CCCCCCCCCCCCOC(=O)C(Cc1ccccc1)NC(=O)OCCOC. The summed E-state index contributed by atoms with van der Waals surface area (Å²) in [6.45, 7) is 3.05. The van der Waals surface area contributed by atoms with Crippen LogP contribution in [0.2, 0.25) is 0 Å². The predicted molar refractivity (Wildman–Crippen MR) is 123 cm³/mol. The first kappa shape index (κ1) is 27.0. The Hall–Kier alpha value is -2.08. The van der Waals surface area contributed by atoms with E-state index in [1.807, 2.05) is 30.3 Å². The Morgan fingerprint density at radius 3 is 2.03 bits per heavy atom. The molecule has 0 aliphatic heterocycles. The molecule has 1 unspecified atom stereocenters. The zero-order chi connectivity index (χ0) is 22.6. The molecule has 0 fully saturated rings. The number of unbranched alkanes of at least 4 members (excludes halogenated alkanes) is 9. The molecule has 0 bridgehead atoms. The van der Waals surface area contributed by atoms with Crippen LogP contribution in [0.25, 0.3) is 0 Å². The predicted octanol–water partition coefficient (Wildman–Crippen LogP) is 5.43. The number of hydrogen-bond donors (Lipinski definition) is 1. The van der Waals surface area contributed by atoms with Crippen molar-refractivity contribution in [1.82, 2.24) is 5.32 Å². The third-order valence-corrected chi connectivity index (χ3v) is 5.12. The summed E-state index contributed by atoms with van der Waals surface area (Å²) < 4.78 is 15.3. The number of alkyl carbamates (subject to hydrolysis) is 1. The zero-order valence-electron chi connectivity index (χ0n) is 19.4. The number of ether oxygens (including phenoxy) is 3. The molecule has 0 saturated carbocycles. The first-order valence-corrected chi connectivity index (χ1v) is 11.8. The minimum Gasteiger partial charge on any atom is -0.464 e. The first-order chi connectivity index (χ1) is 15.2. The van der Waals surface area contributed by atoms with Crippen LogP contribution >= 0.6 is 0 Å². The number of hydrogen-bond acceptors (Lipinski definition) is 5. The van der Waals surface area contributed by atoms with Gasteiger partial charge in [-0.3, -0.25) is 0 Å². The highest BCUT2D eigenvalue weighted by Crippen LogP contribution is 2.11. The van der Waals surface area contributed by atoms with E-state index in [4.69, 9.17) is 14.2 Å². The van der Waals surface area contributed by atoms with Gasteiger partial charge in [-0.25, -0.2) is 9.59 Å². The molecule has 1 atom stereocenters. The van der Waals surface area contributed by atoms with E-state index in [0.717, 1.165) is 18.4 Å². The quantitative estimate of drug-likeness (QED) is 0.246. The van der Waals surface area contributed by atoms with Crippen LogP contribution < -0.4 is 5.32 Å². The van der Waals surface area contributed by atoms with Crippen LogP contribution in [0.3, 0.4) is 0 Å². The monoisotopic (exact) mass is 435 g/mol. The van der Waals surface area contributed by atoms with E-state index >= 15 is 0 Å². The number of esters is 1. The second-order valence-corrected chi connectivity index (χ2v) is 7.86. The fraction of sp³-hybridized carbons (Fsp3) is 0.680. The maximum absolute atomic E-state index is 12.6. The van der Waals surface area contributed by atoms with Crippen LogP contribution in [0.15, 0.2) is 30.3 Å². The number of amides is 1. The summed E-state index contributed by atoms with van der Waals surface area (Å²) in [5.41, 5.74) is 0.945. The van der Waals surface area contributed by atoms with E-state index in [9.17, 15) is 9.59 Å². The average molecular weight is 436 g/mol. The number of nitrogens with one attached hydrogen (secondary N) is 1. The molecule has 0 aliphatic carbocycles. The lowest BCUT2D eigenvalue weighted by atomic mass is 10.1. The van der Waals surface area contributed by atoms with Gasteiger partial charge < -0.3 is 19.5 Å². The summed E-state index contributed by atoms with van der Waals surface area (Å²) >= 11 is 0. The standard InChI is InChI=1S/C25H41NO5/c1-3-4-5-6-7-8-9-10-11-15-18-30-24(27)23(21-22-16-13-12-14-17-22)26-25(28)31-20-19-29-2/h12-14,16-17,23H,3-11,15,18-21H2,1-2H3,(H,26,28). The lowest BCUT2D eigenvalue weighted by Gasteiger charge is -2.18. The molecule has 176 valence electrons. The normalized spacial score (nSPS) is 11.7. The molecular weight excluding hydrogens is 394 g/mol. The molecule has 1 aromatic rings. The van der Waals surface area contributed by atoms with Crippen molar-refractivity contribution in [2.24, 2.45) is 0 Å². The molecule has 1 N–H and O–H groups in total. The smallest absolute Gasteiger partial charge is 0.407 e. The van der Waals surface area contributed by atoms with E-state index in [2.05, 4.69) is 12.2 Å². The van der Waals surface area contributed by atoms with Gasteiger partial charge in [-0.05, 0) is 12.0 Å². The minimum absolute atomic E-state index is 0.133. The summed E-state index contributed by atoms with van der Waals surface area (Å²) in [6.07, 6.45) is 12.0. The number of carbonyl (C=O) groups is 2. The number of rotatable bonds is 18. The van der Waals surface area contributed by atoms with Gasteiger partial charge in [0.2, 0.25) is 0 Å². The van der Waals surface area contributed by atoms with Gasteiger partial charge in [0.05, 0.1) is 13.2 Å². The van der Waals surface area contributed by atoms with Crippen LogP contribution in [0.1, 0.15) is 76.7 Å². The highest BCUT2D eigenvalue weighted by molar-refractivity contribution is 5.81. The summed E-state index contributed by atoms with van der Waals surface area (Å²) in [5.74, 6) is -0.427. The summed E-state index contributed by atoms with van der Waals surface area (Å²) in [5, 5.41) is 2.62. The van der Waals surface area contributed by atoms with Crippen LogP contribution in [0.5, 0.6) is 0 Å². The maximum Gasteiger partial charge on any atom is 0.407 e. The number of methoxy groups -OCH3 is 1. The second kappa shape index (κ2) is 18.7. The zero-order valence-corrected chi connectivity index (χ0v) is 19.4. The Morgan fingerprint density at radius 1 is 0.806 bits per heavy atom. The Balaban J connectivity index is 2.29. The highest BCUT2D eigenvalue weighted by atomic mass is 16.6. The van der Waals surface area contributed by atoms with Gasteiger partial charge in [0.15, 0.2) is 0 Å². The minimum atomic E-state index is -0.777. The molecule has 0 saturated heterocycles. The van der Waals surface area contributed by atoms with Gasteiger partial charge in [0, 0.05) is 13.5 Å². The Bertz CT molecular complexity index is 579.